The average molecular weight is 272 g/mol. The maximum Gasteiger partial charge on any atom is 0.410 e. The second-order valence-electron chi connectivity index (χ2n) is 6.32. The summed E-state index contributed by atoms with van der Waals surface area (Å²) in [4.78, 5) is 13.9. The van der Waals surface area contributed by atoms with Crippen LogP contribution < -0.4 is 5.32 Å². The number of nitrogens with one attached hydrogen (secondary N) is 1. The van der Waals surface area contributed by atoms with Crippen molar-refractivity contribution in [1.82, 2.24) is 10.2 Å². The van der Waals surface area contributed by atoms with E-state index in [9.17, 15) is 9.90 Å². The van der Waals surface area contributed by atoms with Crippen LogP contribution in [0.2, 0.25) is 0 Å². The molecule has 3 atom stereocenters. The molecule has 112 valence electrons. The Morgan fingerprint density at radius 1 is 1.53 bits per heavy atom. The second kappa shape index (κ2) is 6.57. The topological polar surface area (TPSA) is 61.8 Å². The van der Waals surface area contributed by atoms with Gasteiger partial charge in [-0.1, -0.05) is 13.3 Å². The smallest absolute Gasteiger partial charge is 0.410 e. The number of carbonyl (C=O) groups is 1. The zero-order valence-corrected chi connectivity index (χ0v) is 12.8. The van der Waals surface area contributed by atoms with Crippen molar-refractivity contribution in [3.05, 3.63) is 0 Å². The summed E-state index contributed by atoms with van der Waals surface area (Å²) in [7, 11) is 0. The number of rotatable bonds is 2. The first-order chi connectivity index (χ1) is 8.74. The van der Waals surface area contributed by atoms with Crippen LogP contribution in [-0.2, 0) is 4.74 Å². The maximum atomic E-state index is 12.1. The molecule has 2 N–H and O–H groups in total. The molecule has 19 heavy (non-hydrogen) atoms. The molecule has 0 aromatic heterocycles. The summed E-state index contributed by atoms with van der Waals surface area (Å²) in [5, 5.41) is 13.1. The molecule has 0 bridgehead atoms. The lowest BCUT2D eigenvalue weighted by Gasteiger charge is -2.30. The summed E-state index contributed by atoms with van der Waals surface area (Å²) in [6, 6.07) is 0.0393. The molecule has 1 rings (SSSR count). The molecule has 0 unspecified atom stereocenters. The third-order valence-electron chi connectivity index (χ3n) is 3.42. The van der Waals surface area contributed by atoms with Crippen LogP contribution in [0.1, 0.15) is 41.0 Å². The quantitative estimate of drug-likeness (QED) is 0.801. The van der Waals surface area contributed by atoms with E-state index < -0.39 is 11.7 Å². The Hall–Kier alpha value is -0.810. The summed E-state index contributed by atoms with van der Waals surface area (Å²) in [6.45, 7) is 11.4. The molecule has 1 aliphatic heterocycles. The van der Waals surface area contributed by atoms with Gasteiger partial charge < -0.3 is 20.1 Å². The van der Waals surface area contributed by atoms with E-state index in [0.717, 1.165) is 6.42 Å². The zero-order chi connectivity index (χ0) is 14.6. The molecular weight excluding hydrogens is 244 g/mol. The SMILES string of the molecule is CC[C@@H]1CN(C(=O)OC(C)(C)C)CCN[C@@H]1[C@H](C)O. The van der Waals surface area contributed by atoms with Gasteiger partial charge in [0.25, 0.3) is 0 Å². The van der Waals surface area contributed by atoms with Crippen molar-refractivity contribution in [2.75, 3.05) is 19.6 Å². The molecule has 0 aliphatic carbocycles. The molecule has 0 aromatic carbocycles. The van der Waals surface area contributed by atoms with Crippen LogP contribution in [0.4, 0.5) is 4.79 Å². The van der Waals surface area contributed by atoms with E-state index in [0.29, 0.717) is 19.6 Å². The Labute approximate surface area is 116 Å². The summed E-state index contributed by atoms with van der Waals surface area (Å²) in [5.74, 6) is 0.245. The van der Waals surface area contributed by atoms with Gasteiger partial charge in [0, 0.05) is 25.7 Å². The third kappa shape index (κ3) is 4.99. The molecule has 0 radical (unpaired) electrons. The van der Waals surface area contributed by atoms with Gasteiger partial charge in [-0.2, -0.15) is 0 Å². The standard InChI is InChI=1S/C14H28N2O3/c1-6-11-9-16(13(18)19-14(3,4)5)8-7-15-12(11)10(2)17/h10-12,15,17H,6-9H2,1-5H3/t10-,11+,12+/m0/s1. The molecule has 0 saturated carbocycles. The summed E-state index contributed by atoms with van der Waals surface area (Å²) in [5.41, 5.74) is -0.470. The van der Waals surface area contributed by atoms with Gasteiger partial charge in [0.05, 0.1) is 6.10 Å². The number of hydrogen-bond donors (Lipinski definition) is 2. The molecule has 5 nitrogen and oxygen atoms in total. The minimum absolute atomic E-state index is 0.0393. The van der Waals surface area contributed by atoms with Crippen molar-refractivity contribution in [2.24, 2.45) is 5.92 Å². The molecule has 1 amide bonds. The lowest BCUT2D eigenvalue weighted by molar-refractivity contribution is 0.0222. The Morgan fingerprint density at radius 3 is 2.63 bits per heavy atom. The summed E-state index contributed by atoms with van der Waals surface area (Å²) in [6.07, 6.45) is 0.240. The van der Waals surface area contributed by atoms with Gasteiger partial charge in [0.15, 0.2) is 0 Å². The normalized spacial score (nSPS) is 26.7. The van der Waals surface area contributed by atoms with E-state index in [4.69, 9.17) is 4.74 Å². The highest BCUT2D eigenvalue weighted by Crippen LogP contribution is 2.19. The fraction of sp³-hybridized carbons (Fsp3) is 0.929. The van der Waals surface area contributed by atoms with E-state index in [2.05, 4.69) is 12.2 Å². The molecule has 5 heteroatoms. The van der Waals surface area contributed by atoms with E-state index >= 15 is 0 Å². The predicted molar refractivity (Wildman–Crippen MR) is 75.1 cm³/mol. The minimum Gasteiger partial charge on any atom is -0.444 e. The summed E-state index contributed by atoms with van der Waals surface area (Å²) >= 11 is 0. The van der Waals surface area contributed by atoms with E-state index in [1.165, 1.54) is 0 Å². The number of hydrogen-bond acceptors (Lipinski definition) is 4. The van der Waals surface area contributed by atoms with E-state index in [-0.39, 0.29) is 18.1 Å². The lowest BCUT2D eigenvalue weighted by Crippen LogP contribution is -2.45. The van der Waals surface area contributed by atoms with Gasteiger partial charge in [-0.05, 0) is 33.6 Å². The van der Waals surface area contributed by atoms with Crippen LogP contribution in [0.5, 0.6) is 0 Å². The van der Waals surface area contributed by atoms with Crippen molar-refractivity contribution in [1.29, 1.82) is 0 Å². The Bertz CT molecular complexity index is 300. The van der Waals surface area contributed by atoms with Crippen LogP contribution in [0.15, 0.2) is 0 Å². The van der Waals surface area contributed by atoms with Crippen LogP contribution >= 0.6 is 0 Å². The molecule has 1 saturated heterocycles. The fourth-order valence-corrected chi connectivity index (χ4v) is 2.46. The number of ether oxygens (including phenoxy) is 1. The number of carbonyl (C=O) groups excluding carboxylic acids is 1. The van der Waals surface area contributed by atoms with E-state index in [1.54, 1.807) is 11.8 Å². The molecule has 1 fully saturated rings. The van der Waals surface area contributed by atoms with Gasteiger partial charge in [0.1, 0.15) is 5.60 Å². The van der Waals surface area contributed by atoms with Gasteiger partial charge in [-0.15, -0.1) is 0 Å². The maximum absolute atomic E-state index is 12.1. The Kier molecular flexibility index (Phi) is 5.62. The fourth-order valence-electron chi connectivity index (χ4n) is 2.46. The molecule has 1 aliphatic rings. The van der Waals surface area contributed by atoms with Gasteiger partial charge >= 0.3 is 6.09 Å². The van der Waals surface area contributed by atoms with Crippen LogP contribution in [0, 0.1) is 5.92 Å². The van der Waals surface area contributed by atoms with Crippen molar-refractivity contribution in [3.8, 4) is 0 Å². The molecular formula is C14H28N2O3. The van der Waals surface area contributed by atoms with Crippen LogP contribution in [0.25, 0.3) is 0 Å². The van der Waals surface area contributed by atoms with Crippen molar-refractivity contribution in [2.45, 2.75) is 58.8 Å². The zero-order valence-electron chi connectivity index (χ0n) is 12.8. The first kappa shape index (κ1) is 16.2. The molecule has 0 aromatic rings. The Morgan fingerprint density at radius 2 is 2.16 bits per heavy atom. The predicted octanol–water partition coefficient (Wildman–Crippen LogP) is 1.60. The molecule has 1 heterocycles. The lowest BCUT2D eigenvalue weighted by atomic mass is 9.93. The van der Waals surface area contributed by atoms with E-state index in [1.807, 2.05) is 20.8 Å². The van der Waals surface area contributed by atoms with Gasteiger partial charge in [0.2, 0.25) is 0 Å². The monoisotopic (exact) mass is 272 g/mol. The van der Waals surface area contributed by atoms with Crippen LogP contribution in [-0.4, -0.2) is 53.5 Å². The van der Waals surface area contributed by atoms with Gasteiger partial charge in [-0.3, -0.25) is 0 Å². The Balaban J connectivity index is 2.70. The highest BCUT2D eigenvalue weighted by atomic mass is 16.6. The number of aliphatic hydroxyl groups is 1. The minimum atomic E-state index is -0.470. The average Bonchev–Trinajstić information content (AvgIpc) is 2.48. The van der Waals surface area contributed by atoms with Gasteiger partial charge in [-0.25, -0.2) is 4.79 Å². The largest absolute Gasteiger partial charge is 0.444 e. The highest BCUT2D eigenvalue weighted by molar-refractivity contribution is 5.68. The number of aliphatic hydroxyl groups excluding tert-OH is 1. The highest BCUT2D eigenvalue weighted by Gasteiger charge is 2.32. The van der Waals surface area contributed by atoms with Crippen LogP contribution in [0.3, 0.4) is 0 Å². The summed E-state index contributed by atoms with van der Waals surface area (Å²) < 4.78 is 5.42. The second-order valence-corrected chi connectivity index (χ2v) is 6.32. The van der Waals surface area contributed by atoms with Crippen molar-refractivity contribution in [3.63, 3.8) is 0 Å². The first-order valence-electron chi connectivity index (χ1n) is 7.14. The molecule has 0 spiro atoms. The number of nitrogens with zero attached hydrogens (tertiary/aromatic N) is 1. The first-order valence-corrected chi connectivity index (χ1v) is 7.14. The number of amides is 1. The van der Waals surface area contributed by atoms with Crippen molar-refractivity contribution >= 4 is 6.09 Å². The third-order valence-corrected chi connectivity index (χ3v) is 3.42. The van der Waals surface area contributed by atoms with Crippen molar-refractivity contribution < 1.29 is 14.6 Å².